The van der Waals surface area contributed by atoms with Gasteiger partial charge >= 0.3 is 0 Å². The van der Waals surface area contributed by atoms with Crippen molar-refractivity contribution in [3.05, 3.63) is 0 Å². The molecule has 2 unspecified atom stereocenters. The third-order valence-electron chi connectivity index (χ3n) is 3.32. The van der Waals surface area contributed by atoms with Gasteiger partial charge in [-0.1, -0.05) is 13.3 Å². The summed E-state index contributed by atoms with van der Waals surface area (Å²) in [6, 6.07) is 0.256. The van der Waals surface area contributed by atoms with E-state index in [1.807, 2.05) is 25.8 Å². The predicted octanol–water partition coefficient (Wildman–Crippen LogP) is 2.01. The van der Waals surface area contributed by atoms with Crippen molar-refractivity contribution >= 4 is 5.91 Å². The Bertz CT molecular complexity index is 224. The van der Waals surface area contributed by atoms with Gasteiger partial charge in [0, 0.05) is 25.6 Å². The zero-order valence-corrected chi connectivity index (χ0v) is 10.9. The average molecular weight is 226 g/mol. The fourth-order valence-corrected chi connectivity index (χ4v) is 2.02. The third-order valence-corrected chi connectivity index (χ3v) is 3.32. The monoisotopic (exact) mass is 226 g/mol. The van der Waals surface area contributed by atoms with E-state index in [4.69, 9.17) is 5.73 Å². The maximum atomic E-state index is 12.0. The van der Waals surface area contributed by atoms with Crippen molar-refractivity contribution in [1.82, 2.24) is 4.90 Å². The Morgan fingerprint density at radius 2 is 2.00 bits per heavy atom. The van der Waals surface area contributed by atoms with Crippen LogP contribution in [0.3, 0.4) is 0 Å². The van der Waals surface area contributed by atoms with Crippen LogP contribution < -0.4 is 5.73 Å². The molecule has 1 aliphatic rings. The first kappa shape index (κ1) is 13.5. The summed E-state index contributed by atoms with van der Waals surface area (Å²) >= 11 is 0. The second kappa shape index (κ2) is 6.24. The number of nitrogens with zero attached hydrogens (tertiary/aromatic N) is 1. The zero-order chi connectivity index (χ0) is 12.1. The number of carbonyl (C=O) groups excluding carboxylic acids is 1. The fraction of sp³-hybridized carbons (Fsp3) is 0.923. The maximum Gasteiger partial charge on any atom is 0.225 e. The molecule has 2 N–H and O–H groups in total. The summed E-state index contributed by atoms with van der Waals surface area (Å²) in [7, 11) is 1.93. The SMILES string of the molecule is CC(N)CCCC(C)C(=O)N(C)CC1CC1. The van der Waals surface area contributed by atoms with Crippen molar-refractivity contribution in [2.24, 2.45) is 17.6 Å². The van der Waals surface area contributed by atoms with Crippen LogP contribution in [-0.4, -0.2) is 30.4 Å². The molecule has 1 aliphatic carbocycles. The minimum absolute atomic E-state index is 0.155. The van der Waals surface area contributed by atoms with E-state index in [-0.39, 0.29) is 12.0 Å². The smallest absolute Gasteiger partial charge is 0.225 e. The Hall–Kier alpha value is -0.570. The van der Waals surface area contributed by atoms with Crippen LogP contribution in [-0.2, 0) is 4.79 Å². The van der Waals surface area contributed by atoms with Gasteiger partial charge in [-0.15, -0.1) is 0 Å². The minimum Gasteiger partial charge on any atom is -0.345 e. The van der Waals surface area contributed by atoms with Crippen LogP contribution in [0, 0.1) is 11.8 Å². The van der Waals surface area contributed by atoms with E-state index in [9.17, 15) is 4.79 Å². The van der Waals surface area contributed by atoms with E-state index < -0.39 is 0 Å². The van der Waals surface area contributed by atoms with Gasteiger partial charge in [0.05, 0.1) is 0 Å². The minimum atomic E-state index is 0.155. The van der Waals surface area contributed by atoms with E-state index in [2.05, 4.69) is 0 Å². The second-order valence-corrected chi connectivity index (χ2v) is 5.47. The molecular formula is C13H26N2O. The molecule has 0 aromatic carbocycles. The highest BCUT2D eigenvalue weighted by atomic mass is 16.2. The number of rotatable bonds is 7. The van der Waals surface area contributed by atoms with Gasteiger partial charge in [0.2, 0.25) is 5.91 Å². The number of hydrogen-bond donors (Lipinski definition) is 1. The Labute approximate surface area is 99.4 Å². The van der Waals surface area contributed by atoms with Gasteiger partial charge in [0.15, 0.2) is 0 Å². The number of nitrogens with two attached hydrogens (primary N) is 1. The van der Waals surface area contributed by atoms with Crippen LogP contribution in [0.2, 0.25) is 0 Å². The molecule has 16 heavy (non-hydrogen) atoms. The van der Waals surface area contributed by atoms with Crippen LogP contribution in [0.1, 0.15) is 46.0 Å². The largest absolute Gasteiger partial charge is 0.345 e. The molecule has 1 rings (SSSR count). The summed E-state index contributed by atoms with van der Waals surface area (Å²) in [5.41, 5.74) is 5.69. The predicted molar refractivity (Wildman–Crippen MR) is 67.0 cm³/mol. The third kappa shape index (κ3) is 4.97. The molecule has 1 saturated carbocycles. The van der Waals surface area contributed by atoms with E-state index >= 15 is 0 Å². The highest BCUT2D eigenvalue weighted by Crippen LogP contribution is 2.29. The van der Waals surface area contributed by atoms with Crippen molar-refractivity contribution in [2.75, 3.05) is 13.6 Å². The molecule has 94 valence electrons. The molecule has 3 heteroatoms. The molecular weight excluding hydrogens is 200 g/mol. The molecule has 1 amide bonds. The van der Waals surface area contributed by atoms with Crippen LogP contribution in [0.5, 0.6) is 0 Å². The molecule has 3 nitrogen and oxygen atoms in total. The number of carbonyl (C=O) groups is 1. The summed E-state index contributed by atoms with van der Waals surface area (Å²) in [6.45, 7) is 5.01. The Balaban J connectivity index is 2.17. The van der Waals surface area contributed by atoms with Crippen molar-refractivity contribution in [3.8, 4) is 0 Å². The molecule has 0 radical (unpaired) electrons. The molecule has 1 fully saturated rings. The van der Waals surface area contributed by atoms with E-state index in [1.54, 1.807) is 0 Å². The summed E-state index contributed by atoms with van der Waals surface area (Å²) in [5, 5.41) is 0. The summed E-state index contributed by atoms with van der Waals surface area (Å²) in [4.78, 5) is 13.9. The first-order valence-corrected chi connectivity index (χ1v) is 6.51. The van der Waals surface area contributed by atoms with E-state index in [1.165, 1.54) is 12.8 Å². The maximum absolute atomic E-state index is 12.0. The lowest BCUT2D eigenvalue weighted by Gasteiger charge is -2.21. The van der Waals surface area contributed by atoms with Gasteiger partial charge in [0.25, 0.3) is 0 Å². The van der Waals surface area contributed by atoms with Gasteiger partial charge in [-0.3, -0.25) is 4.79 Å². The standard InChI is InChI=1S/C13H26N2O/c1-10(5-4-6-11(2)14)13(16)15(3)9-12-7-8-12/h10-12H,4-9,14H2,1-3H3. The Kier molecular flexibility index (Phi) is 5.26. The lowest BCUT2D eigenvalue weighted by atomic mass is 10.0. The summed E-state index contributed by atoms with van der Waals surface area (Å²) < 4.78 is 0. The normalized spacial score (nSPS) is 19.2. The van der Waals surface area contributed by atoms with Crippen molar-refractivity contribution in [3.63, 3.8) is 0 Å². The van der Waals surface area contributed by atoms with Gasteiger partial charge < -0.3 is 10.6 Å². The zero-order valence-electron chi connectivity index (χ0n) is 10.9. The molecule has 0 heterocycles. The van der Waals surface area contributed by atoms with Crippen molar-refractivity contribution in [1.29, 1.82) is 0 Å². The number of amides is 1. The Morgan fingerprint density at radius 3 is 2.50 bits per heavy atom. The molecule has 0 aliphatic heterocycles. The lowest BCUT2D eigenvalue weighted by molar-refractivity contribution is -0.134. The van der Waals surface area contributed by atoms with Crippen LogP contribution in [0.15, 0.2) is 0 Å². The molecule has 0 aromatic heterocycles. The Morgan fingerprint density at radius 1 is 1.38 bits per heavy atom. The van der Waals surface area contributed by atoms with Gasteiger partial charge in [0.1, 0.15) is 0 Å². The second-order valence-electron chi connectivity index (χ2n) is 5.47. The summed E-state index contributed by atoms with van der Waals surface area (Å²) in [6.07, 6.45) is 5.65. The molecule has 0 aromatic rings. The first-order chi connectivity index (χ1) is 7.50. The van der Waals surface area contributed by atoms with Crippen molar-refractivity contribution in [2.45, 2.75) is 52.0 Å². The highest BCUT2D eigenvalue weighted by Gasteiger charge is 2.26. The van der Waals surface area contributed by atoms with Gasteiger partial charge in [-0.05, 0) is 38.5 Å². The van der Waals surface area contributed by atoms with E-state index in [0.717, 1.165) is 31.7 Å². The molecule has 0 bridgehead atoms. The fourth-order valence-electron chi connectivity index (χ4n) is 2.02. The van der Waals surface area contributed by atoms with Crippen LogP contribution in [0.25, 0.3) is 0 Å². The highest BCUT2D eigenvalue weighted by molar-refractivity contribution is 5.78. The van der Waals surface area contributed by atoms with Gasteiger partial charge in [-0.25, -0.2) is 0 Å². The molecule has 0 spiro atoms. The van der Waals surface area contributed by atoms with E-state index in [0.29, 0.717) is 5.91 Å². The summed E-state index contributed by atoms with van der Waals surface area (Å²) in [5.74, 6) is 1.24. The van der Waals surface area contributed by atoms with Crippen LogP contribution >= 0.6 is 0 Å². The topological polar surface area (TPSA) is 46.3 Å². The van der Waals surface area contributed by atoms with Crippen molar-refractivity contribution < 1.29 is 4.79 Å². The quantitative estimate of drug-likeness (QED) is 0.722. The molecule has 2 atom stereocenters. The average Bonchev–Trinajstić information content (AvgIpc) is 2.99. The number of hydrogen-bond acceptors (Lipinski definition) is 2. The van der Waals surface area contributed by atoms with Gasteiger partial charge in [-0.2, -0.15) is 0 Å². The van der Waals surface area contributed by atoms with Crippen LogP contribution in [0.4, 0.5) is 0 Å². The first-order valence-electron chi connectivity index (χ1n) is 6.51. The lowest BCUT2D eigenvalue weighted by Crippen LogP contribution is -2.33. The molecule has 0 saturated heterocycles.